The molecule has 2 N–H and O–H groups in total. The van der Waals surface area contributed by atoms with Gasteiger partial charge in [-0.3, -0.25) is 9.59 Å². The van der Waals surface area contributed by atoms with E-state index in [-0.39, 0.29) is 18.0 Å². The van der Waals surface area contributed by atoms with Crippen LogP contribution in [-0.2, 0) is 0 Å². The zero-order valence-electron chi connectivity index (χ0n) is 15.7. The molecule has 2 aromatic rings. The number of rotatable bonds is 6. The van der Waals surface area contributed by atoms with E-state index < -0.39 is 0 Å². The molecular weight excluding hydrogens is 338 g/mol. The molecule has 4 rings (SSSR count). The summed E-state index contributed by atoms with van der Waals surface area (Å²) in [6.45, 7) is 4.91. The first kappa shape index (κ1) is 17.6. The number of anilines is 1. The van der Waals surface area contributed by atoms with Crippen LogP contribution in [0.4, 0.5) is 5.69 Å². The molecule has 27 heavy (non-hydrogen) atoms. The average Bonchev–Trinajstić information content (AvgIpc) is 3.44. The summed E-state index contributed by atoms with van der Waals surface area (Å²) in [5.41, 5.74) is 3.31. The van der Waals surface area contributed by atoms with E-state index in [1.807, 2.05) is 53.4 Å². The molecule has 5 heteroatoms. The van der Waals surface area contributed by atoms with E-state index in [0.717, 1.165) is 29.7 Å². The Labute approximate surface area is 159 Å². The lowest BCUT2D eigenvalue weighted by Crippen LogP contribution is -2.35. The fourth-order valence-electron chi connectivity index (χ4n) is 3.48. The van der Waals surface area contributed by atoms with Gasteiger partial charge in [0.15, 0.2) is 0 Å². The molecule has 1 unspecified atom stereocenters. The van der Waals surface area contributed by atoms with Crippen molar-refractivity contribution in [1.29, 1.82) is 0 Å². The van der Waals surface area contributed by atoms with Crippen LogP contribution in [0.2, 0.25) is 0 Å². The first-order valence-corrected chi connectivity index (χ1v) is 9.60. The summed E-state index contributed by atoms with van der Waals surface area (Å²) in [6, 6.07) is 15.6. The third kappa shape index (κ3) is 3.68. The summed E-state index contributed by atoms with van der Waals surface area (Å²) in [4.78, 5) is 26.9. The fourth-order valence-corrected chi connectivity index (χ4v) is 3.48. The van der Waals surface area contributed by atoms with Gasteiger partial charge in [0, 0.05) is 35.0 Å². The third-order valence-electron chi connectivity index (χ3n) is 4.98. The number of hydrogen-bond acceptors (Lipinski definition) is 3. The van der Waals surface area contributed by atoms with Crippen LogP contribution < -0.4 is 10.6 Å². The summed E-state index contributed by atoms with van der Waals surface area (Å²) >= 11 is 0. The Morgan fingerprint density at radius 3 is 2.48 bits per heavy atom. The van der Waals surface area contributed by atoms with Gasteiger partial charge in [-0.1, -0.05) is 32.0 Å². The van der Waals surface area contributed by atoms with E-state index in [2.05, 4.69) is 24.5 Å². The van der Waals surface area contributed by atoms with E-state index in [9.17, 15) is 9.59 Å². The molecule has 2 aliphatic rings. The number of carbonyl (C=O) groups is 2. The third-order valence-corrected chi connectivity index (χ3v) is 4.98. The molecular formula is C22H25N3O2. The first-order chi connectivity index (χ1) is 13.0. The molecule has 0 aromatic heterocycles. The molecule has 5 nitrogen and oxygen atoms in total. The minimum absolute atomic E-state index is 0.0214. The highest BCUT2D eigenvalue weighted by atomic mass is 16.2. The smallest absolute Gasteiger partial charge is 0.256 e. The first-order valence-electron chi connectivity index (χ1n) is 9.60. The molecule has 1 fully saturated rings. The number of benzene rings is 2. The van der Waals surface area contributed by atoms with Gasteiger partial charge in [-0.05, 0) is 49.1 Å². The van der Waals surface area contributed by atoms with Crippen LogP contribution in [0, 0.1) is 5.92 Å². The molecule has 0 bridgehead atoms. The lowest BCUT2D eigenvalue weighted by atomic mass is 10.1. The van der Waals surface area contributed by atoms with Gasteiger partial charge in [0.2, 0.25) is 0 Å². The Kier molecular flexibility index (Phi) is 4.60. The average molecular weight is 363 g/mol. The predicted octanol–water partition coefficient (Wildman–Crippen LogP) is 3.80. The van der Waals surface area contributed by atoms with Crippen molar-refractivity contribution in [3.63, 3.8) is 0 Å². The standard InChI is InChI=1S/C22H25N3O2/c1-14(2)13-25-20(18-5-3-4-6-19(18)22(25)27)23-16-9-7-15(8-10-16)21(26)24-17-11-12-17/h3-10,14,17,20,23H,11-13H2,1-2H3,(H,24,26). The molecule has 1 saturated carbocycles. The summed E-state index contributed by atoms with van der Waals surface area (Å²) in [5, 5.41) is 6.47. The summed E-state index contributed by atoms with van der Waals surface area (Å²) in [5.74, 6) is 0.421. The fraction of sp³-hybridized carbons (Fsp3) is 0.364. The number of hydrogen-bond donors (Lipinski definition) is 2. The monoisotopic (exact) mass is 363 g/mol. The lowest BCUT2D eigenvalue weighted by molar-refractivity contribution is 0.0720. The van der Waals surface area contributed by atoms with Crippen LogP contribution in [0.15, 0.2) is 48.5 Å². The topological polar surface area (TPSA) is 61.4 Å². The SMILES string of the molecule is CC(C)CN1C(=O)c2ccccc2C1Nc1ccc(C(=O)NC2CC2)cc1. The maximum absolute atomic E-state index is 12.8. The number of carbonyl (C=O) groups excluding carboxylic acids is 2. The molecule has 0 saturated heterocycles. The molecule has 1 heterocycles. The number of nitrogens with zero attached hydrogens (tertiary/aromatic N) is 1. The molecule has 1 aliphatic heterocycles. The van der Waals surface area contributed by atoms with Gasteiger partial charge < -0.3 is 15.5 Å². The van der Waals surface area contributed by atoms with E-state index in [1.165, 1.54) is 0 Å². The highest BCUT2D eigenvalue weighted by Gasteiger charge is 2.36. The van der Waals surface area contributed by atoms with Crippen molar-refractivity contribution < 1.29 is 9.59 Å². The molecule has 0 radical (unpaired) electrons. The zero-order chi connectivity index (χ0) is 19.0. The van der Waals surface area contributed by atoms with Gasteiger partial charge in [-0.25, -0.2) is 0 Å². The Hall–Kier alpha value is -2.82. The highest BCUT2D eigenvalue weighted by Crippen LogP contribution is 2.34. The summed E-state index contributed by atoms with van der Waals surface area (Å²) < 4.78 is 0. The Balaban J connectivity index is 1.54. The van der Waals surface area contributed by atoms with Crippen LogP contribution in [0.1, 0.15) is 59.1 Å². The zero-order valence-corrected chi connectivity index (χ0v) is 15.7. The van der Waals surface area contributed by atoms with Crippen molar-refractivity contribution in [2.45, 2.75) is 38.9 Å². The van der Waals surface area contributed by atoms with E-state index in [0.29, 0.717) is 24.1 Å². The minimum atomic E-state index is -0.192. The molecule has 1 atom stereocenters. The lowest BCUT2D eigenvalue weighted by Gasteiger charge is -2.28. The Morgan fingerprint density at radius 1 is 1.11 bits per heavy atom. The van der Waals surface area contributed by atoms with Gasteiger partial charge in [0.25, 0.3) is 11.8 Å². The maximum atomic E-state index is 12.8. The van der Waals surface area contributed by atoms with Crippen LogP contribution in [0.5, 0.6) is 0 Å². The Bertz CT molecular complexity index is 856. The second-order valence-electron chi connectivity index (χ2n) is 7.81. The molecule has 1 aliphatic carbocycles. The van der Waals surface area contributed by atoms with E-state index >= 15 is 0 Å². The highest BCUT2D eigenvalue weighted by molar-refractivity contribution is 5.99. The molecule has 2 aromatic carbocycles. The van der Waals surface area contributed by atoms with Crippen molar-refractivity contribution in [1.82, 2.24) is 10.2 Å². The van der Waals surface area contributed by atoms with Crippen LogP contribution >= 0.6 is 0 Å². The largest absolute Gasteiger partial charge is 0.361 e. The van der Waals surface area contributed by atoms with Gasteiger partial charge in [-0.15, -0.1) is 0 Å². The number of nitrogens with one attached hydrogen (secondary N) is 2. The molecule has 2 amide bonds. The van der Waals surface area contributed by atoms with E-state index in [4.69, 9.17) is 0 Å². The predicted molar refractivity (Wildman–Crippen MR) is 106 cm³/mol. The maximum Gasteiger partial charge on any atom is 0.256 e. The van der Waals surface area contributed by atoms with E-state index in [1.54, 1.807) is 0 Å². The van der Waals surface area contributed by atoms with Crippen molar-refractivity contribution >= 4 is 17.5 Å². The van der Waals surface area contributed by atoms with Crippen molar-refractivity contribution in [3.05, 3.63) is 65.2 Å². The van der Waals surface area contributed by atoms with Gasteiger partial charge >= 0.3 is 0 Å². The van der Waals surface area contributed by atoms with Crippen molar-refractivity contribution in [2.75, 3.05) is 11.9 Å². The number of fused-ring (bicyclic) bond motifs is 1. The quantitative estimate of drug-likeness (QED) is 0.821. The number of amides is 2. The second-order valence-corrected chi connectivity index (χ2v) is 7.81. The van der Waals surface area contributed by atoms with Gasteiger partial charge in [0.05, 0.1) is 0 Å². The van der Waals surface area contributed by atoms with Crippen LogP contribution in [0.25, 0.3) is 0 Å². The summed E-state index contributed by atoms with van der Waals surface area (Å²) in [6.07, 6.45) is 1.96. The second kappa shape index (κ2) is 7.06. The van der Waals surface area contributed by atoms with Gasteiger partial charge in [-0.2, -0.15) is 0 Å². The molecule has 140 valence electrons. The van der Waals surface area contributed by atoms with Gasteiger partial charge in [0.1, 0.15) is 6.17 Å². The summed E-state index contributed by atoms with van der Waals surface area (Å²) in [7, 11) is 0. The van der Waals surface area contributed by atoms with Crippen molar-refractivity contribution in [2.24, 2.45) is 5.92 Å². The van der Waals surface area contributed by atoms with Crippen LogP contribution in [0.3, 0.4) is 0 Å². The van der Waals surface area contributed by atoms with Crippen molar-refractivity contribution in [3.8, 4) is 0 Å². The Morgan fingerprint density at radius 2 is 1.81 bits per heavy atom. The molecule has 0 spiro atoms. The minimum Gasteiger partial charge on any atom is -0.361 e. The van der Waals surface area contributed by atoms with Crippen LogP contribution in [-0.4, -0.2) is 29.3 Å². The normalized spacial score (nSPS) is 18.6.